The molecule has 29 heavy (non-hydrogen) atoms. The van der Waals surface area contributed by atoms with Crippen molar-refractivity contribution in [1.29, 1.82) is 5.26 Å². The third kappa shape index (κ3) is 3.88. The van der Waals surface area contributed by atoms with Crippen molar-refractivity contribution in [3.8, 4) is 11.8 Å². The van der Waals surface area contributed by atoms with Crippen LogP contribution in [0.1, 0.15) is 11.4 Å². The van der Waals surface area contributed by atoms with E-state index in [1.807, 2.05) is 24.3 Å². The van der Waals surface area contributed by atoms with Crippen molar-refractivity contribution >= 4 is 32.8 Å². The number of hydrogen-bond donors (Lipinski definition) is 1. The van der Waals surface area contributed by atoms with E-state index in [1.165, 1.54) is 12.1 Å². The minimum absolute atomic E-state index is 0.0524. The van der Waals surface area contributed by atoms with Gasteiger partial charge in [-0.05, 0) is 36.4 Å². The molecule has 0 saturated carbocycles. The zero-order valence-electron chi connectivity index (χ0n) is 15.1. The third-order valence-corrected chi connectivity index (χ3v) is 5.46. The number of para-hydroxylation sites is 3. The summed E-state index contributed by atoms with van der Waals surface area (Å²) in [6, 6.07) is 24.1. The maximum atomic E-state index is 12.6. The van der Waals surface area contributed by atoms with Crippen LogP contribution in [0.4, 0.5) is 0 Å². The van der Waals surface area contributed by atoms with Crippen LogP contribution in [-0.2, 0) is 10.1 Å². The van der Waals surface area contributed by atoms with Crippen LogP contribution in [-0.4, -0.2) is 18.4 Å². The summed E-state index contributed by atoms with van der Waals surface area (Å²) in [5.74, 6) is 0.523. The Morgan fingerprint density at radius 2 is 1.66 bits per heavy atom. The number of fused-ring (bicyclic) bond motifs is 1. The normalized spacial score (nSPS) is 11.9. The summed E-state index contributed by atoms with van der Waals surface area (Å²) in [4.78, 5) is 7.58. The van der Waals surface area contributed by atoms with E-state index in [9.17, 15) is 13.7 Å². The summed E-state index contributed by atoms with van der Waals surface area (Å²) in [6.07, 6.45) is 1.55. The Bertz CT molecular complexity index is 1320. The van der Waals surface area contributed by atoms with Crippen LogP contribution >= 0.6 is 0 Å². The van der Waals surface area contributed by atoms with Gasteiger partial charge < -0.3 is 9.17 Å². The summed E-state index contributed by atoms with van der Waals surface area (Å²) in [5, 5.41) is 9.63. The van der Waals surface area contributed by atoms with Crippen molar-refractivity contribution < 1.29 is 12.6 Å². The van der Waals surface area contributed by atoms with Gasteiger partial charge in [0.05, 0.1) is 16.6 Å². The van der Waals surface area contributed by atoms with E-state index in [0.29, 0.717) is 11.4 Å². The highest BCUT2D eigenvalue weighted by molar-refractivity contribution is 7.87. The number of aromatic amines is 1. The molecule has 0 saturated heterocycles. The molecule has 1 heterocycles. The molecule has 4 rings (SSSR count). The maximum Gasteiger partial charge on any atom is 0.339 e. The topological polar surface area (TPSA) is 95.8 Å². The van der Waals surface area contributed by atoms with Gasteiger partial charge >= 0.3 is 10.1 Å². The van der Waals surface area contributed by atoms with Crippen molar-refractivity contribution in [2.24, 2.45) is 0 Å². The number of nitrogens with one attached hydrogen (secondary N) is 1. The number of H-pyrrole nitrogens is 1. The van der Waals surface area contributed by atoms with Crippen LogP contribution in [0.15, 0.2) is 83.8 Å². The van der Waals surface area contributed by atoms with Crippen molar-refractivity contribution in [3.05, 3.63) is 90.3 Å². The molecule has 6 nitrogen and oxygen atoms in total. The smallest absolute Gasteiger partial charge is 0.339 e. The van der Waals surface area contributed by atoms with Gasteiger partial charge in [-0.2, -0.15) is 13.7 Å². The SMILES string of the molecule is N#C/C(=C\c1ccccc1OS(=O)(=O)c1ccccc1)c1nc2ccccc2[nH]1. The van der Waals surface area contributed by atoms with Gasteiger partial charge in [0.15, 0.2) is 0 Å². The minimum Gasteiger partial charge on any atom is -0.378 e. The number of nitrogens with zero attached hydrogens (tertiary/aromatic N) is 2. The molecule has 0 bridgehead atoms. The molecule has 0 spiro atoms. The van der Waals surface area contributed by atoms with Crippen LogP contribution in [0.3, 0.4) is 0 Å². The second-order valence-electron chi connectivity index (χ2n) is 6.16. The summed E-state index contributed by atoms with van der Waals surface area (Å²) >= 11 is 0. The summed E-state index contributed by atoms with van der Waals surface area (Å²) < 4.78 is 30.5. The standard InChI is InChI=1S/C22H15N3O3S/c23-15-17(22-24-19-11-5-6-12-20(19)25-22)14-16-8-4-7-13-21(16)28-29(26,27)18-9-2-1-3-10-18/h1-14H,(H,24,25)/b17-14+. The second-order valence-corrected chi connectivity index (χ2v) is 7.71. The van der Waals surface area contributed by atoms with E-state index in [2.05, 4.69) is 16.0 Å². The molecule has 1 aromatic heterocycles. The molecule has 3 aromatic carbocycles. The highest BCUT2D eigenvalue weighted by Crippen LogP contribution is 2.27. The van der Waals surface area contributed by atoms with Crippen LogP contribution in [0.5, 0.6) is 5.75 Å². The number of benzene rings is 3. The number of nitriles is 1. The predicted octanol–water partition coefficient (Wildman–Crippen LogP) is 4.39. The van der Waals surface area contributed by atoms with Crippen LogP contribution in [0.2, 0.25) is 0 Å². The lowest BCUT2D eigenvalue weighted by Crippen LogP contribution is -2.10. The fraction of sp³-hybridized carbons (Fsp3) is 0. The Hall–Kier alpha value is -3.89. The Labute approximate surface area is 167 Å². The molecule has 0 atom stereocenters. The number of rotatable bonds is 5. The summed E-state index contributed by atoms with van der Waals surface area (Å²) in [7, 11) is -4.00. The van der Waals surface area contributed by atoms with E-state index in [0.717, 1.165) is 11.0 Å². The average Bonchev–Trinajstić information content (AvgIpc) is 3.17. The Balaban J connectivity index is 1.73. The summed E-state index contributed by atoms with van der Waals surface area (Å²) in [6.45, 7) is 0. The van der Waals surface area contributed by atoms with E-state index < -0.39 is 10.1 Å². The zero-order valence-corrected chi connectivity index (χ0v) is 15.9. The molecular weight excluding hydrogens is 386 g/mol. The highest BCUT2D eigenvalue weighted by atomic mass is 32.2. The van der Waals surface area contributed by atoms with E-state index in [-0.39, 0.29) is 16.2 Å². The van der Waals surface area contributed by atoms with Gasteiger partial charge in [-0.25, -0.2) is 4.98 Å². The number of hydrogen-bond acceptors (Lipinski definition) is 5. The molecule has 0 aliphatic rings. The predicted molar refractivity (Wildman–Crippen MR) is 110 cm³/mol. The first-order valence-electron chi connectivity index (χ1n) is 8.72. The lowest BCUT2D eigenvalue weighted by molar-refractivity contribution is 0.485. The van der Waals surface area contributed by atoms with E-state index >= 15 is 0 Å². The average molecular weight is 401 g/mol. The highest BCUT2D eigenvalue weighted by Gasteiger charge is 2.18. The molecule has 0 unspecified atom stereocenters. The molecule has 0 aliphatic heterocycles. The summed E-state index contributed by atoms with van der Waals surface area (Å²) in [5.41, 5.74) is 2.25. The number of aromatic nitrogens is 2. The van der Waals surface area contributed by atoms with E-state index in [4.69, 9.17) is 4.18 Å². The monoisotopic (exact) mass is 401 g/mol. The molecule has 7 heteroatoms. The first-order chi connectivity index (χ1) is 14.1. The zero-order chi connectivity index (χ0) is 20.3. The van der Waals surface area contributed by atoms with Crippen molar-refractivity contribution in [2.75, 3.05) is 0 Å². The largest absolute Gasteiger partial charge is 0.378 e. The first kappa shape index (κ1) is 18.5. The fourth-order valence-electron chi connectivity index (χ4n) is 2.82. The number of imidazole rings is 1. The van der Waals surface area contributed by atoms with Gasteiger partial charge in [-0.15, -0.1) is 0 Å². The Morgan fingerprint density at radius 3 is 2.41 bits per heavy atom. The lowest BCUT2D eigenvalue weighted by atomic mass is 10.1. The molecule has 1 N–H and O–H groups in total. The molecule has 142 valence electrons. The van der Waals surface area contributed by atoms with Gasteiger partial charge in [-0.3, -0.25) is 0 Å². The van der Waals surface area contributed by atoms with Crippen molar-refractivity contribution in [2.45, 2.75) is 4.90 Å². The van der Waals surface area contributed by atoms with Gasteiger partial charge in [-0.1, -0.05) is 48.5 Å². The quantitative estimate of drug-likeness (QED) is 0.395. The molecule has 0 radical (unpaired) electrons. The van der Waals surface area contributed by atoms with Crippen LogP contribution in [0.25, 0.3) is 22.7 Å². The fourth-order valence-corrected chi connectivity index (χ4v) is 3.79. The molecule has 0 aliphatic carbocycles. The third-order valence-electron chi connectivity index (χ3n) is 4.22. The molecule has 0 amide bonds. The number of allylic oxidation sites excluding steroid dienone is 1. The Morgan fingerprint density at radius 1 is 0.966 bits per heavy atom. The van der Waals surface area contributed by atoms with Gasteiger partial charge in [0.1, 0.15) is 22.5 Å². The van der Waals surface area contributed by atoms with Gasteiger partial charge in [0, 0.05) is 5.56 Å². The molecular formula is C22H15N3O3S. The minimum atomic E-state index is -4.00. The Kier molecular flexibility index (Phi) is 4.85. The van der Waals surface area contributed by atoms with Crippen molar-refractivity contribution in [3.63, 3.8) is 0 Å². The van der Waals surface area contributed by atoms with Gasteiger partial charge in [0.25, 0.3) is 0 Å². The maximum absolute atomic E-state index is 12.6. The van der Waals surface area contributed by atoms with Crippen LogP contribution < -0.4 is 4.18 Å². The lowest BCUT2D eigenvalue weighted by Gasteiger charge is -2.09. The van der Waals surface area contributed by atoms with Gasteiger partial charge in [0.2, 0.25) is 0 Å². The second kappa shape index (κ2) is 7.62. The van der Waals surface area contributed by atoms with Crippen molar-refractivity contribution in [1.82, 2.24) is 9.97 Å². The van der Waals surface area contributed by atoms with E-state index in [1.54, 1.807) is 48.5 Å². The van der Waals surface area contributed by atoms with Crippen LogP contribution in [0, 0.1) is 11.3 Å². The molecule has 0 fully saturated rings. The first-order valence-corrected chi connectivity index (χ1v) is 10.1. The molecule has 4 aromatic rings.